The van der Waals surface area contributed by atoms with Crippen LogP contribution in [0.3, 0.4) is 0 Å². The van der Waals surface area contributed by atoms with Crippen LogP contribution in [0.25, 0.3) is 0 Å². The first kappa shape index (κ1) is 11.8. The summed E-state index contributed by atoms with van der Waals surface area (Å²) < 4.78 is 1.04. The Morgan fingerprint density at radius 1 is 1.50 bits per heavy atom. The van der Waals surface area contributed by atoms with Crippen LogP contribution in [0.1, 0.15) is 11.6 Å². The number of nitrogens with one attached hydrogen (secondary N) is 1. The highest BCUT2D eigenvalue weighted by Gasteiger charge is 2.29. The molecule has 1 heterocycles. The van der Waals surface area contributed by atoms with Gasteiger partial charge in [0.1, 0.15) is 0 Å². The van der Waals surface area contributed by atoms with Crippen LogP contribution in [0.15, 0.2) is 28.7 Å². The lowest BCUT2D eigenvalue weighted by molar-refractivity contribution is 0.220. The van der Waals surface area contributed by atoms with Gasteiger partial charge in [0.25, 0.3) is 0 Å². The van der Waals surface area contributed by atoms with E-state index in [1.807, 2.05) is 24.3 Å². The molecule has 0 aromatic heterocycles. The average molecular weight is 301 g/mol. The summed E-state index contributed by atoms with van der Waals surface area (Å²) in [5, 5.41) is 2.97. The smallest absolute Gasteiger partial charge is 0.318 e. The van der Waals surface area contributed by atoms with Gasteiger partial charge in [-0.3, -0.25) is 0 Å². The molecule has 1 saturated heterocycles. The first-order chi connectivity index (χ1) is 7.72. The minimum absolute atomic E-state index is 0.00481. The quantitative estimate of drug-likeness (QED) is 0.826. The molecule has 1 aromatic rings. The summed E-state index contributed by atoms with van der Waals surface area (Å²) in [5.41, 5.74) is 1.12. The van der Waals surface area contributed by atoms with Crippen molar-refractivity contribution in [3.05, 3.63) is 34.3 Å². The molecule has 0 bridgehead atoms. The number of benzene rings is 1. The van der Waals surface area contributed by atoms with Crippen molar-refractivity contribution in [1.29, 1.82) is 0 Å². The van der Waals surface area contributed by atoms with Crippen LogP contribution in [-0.2, 0) is 0 Å². The van der Waals surface area contributed by atoms with E-state index >= 15 is 0 Å². The molecule has 0 radical (unpaired) electrons. The summed E-state index contributed by atoms with van der Waals surface area (Å²) >= 11 is 7.64. The number of hydrogen-bond acceptors (Lipinski definition) is 2. The molecule has 2 rings (SSSR count). The van der Waals surface area contributed by atoms with Crippen molar-refractivity contribution in [2.45, 2.75) is 6.04 Å². The highest BCUT2D eigenvalue weighted by molar-refractivity contribution is 9.10. The fourth-order valence-electron chi connectivity index (χ4n) is 1.84. The minimum atomic E-state index is -0.00481. The van der Waals surface area contributed by atoms with Gasteiger partial charge in [0.15, 0.2) is 0 Å². The molecule has 1 N–H and O–H groups in total. The SMILES string of the molecule is O=C1NC(c2ccccc2Br)CN1CCS. The molecule has 1 aromatic carbocycles. The molecule has 1 aliphatic rings. The molecule has 1 unspecified atom stereocenters. The summed E-state index contributed by atoms with van der Waals surface area (Å²) in [7, 11) is 0. The predicted molar refractivity (Wildman–Crippen MR) is 70.8 cm³/mol. The number of thiol groups is 1. The molecule has 1 aliphatic heterocycles. The van der Waals surface area contributed by atoms with Gasteiger partial charge in [0.2, 0.25) is 0 Å². The highest BCUT2D eigenvalue weighted by Crippen LogP contribution is 2.26. The van der Waals surface area contributed by atoms with Crippen molar-refractivity contribution in [2.75, 3.05) is 18.8 Å². The zero-order valence-corrected chi connectivity index (χ0v) is 11.2. The van der Waals surface area contributed by atoms with Gasteiger partial charge < -0.3 is 10.2 Å². The molecule has 0 saturated carbocycles. The van der Waals surface area contributed by atoms with Crippen LogP contribution in [0.4, 0.5) is 4.79 Å². The summed E-state index contributed by atoms with van der Waals surface area (Å²) in [6, 6.07) is 8.03. The van der Waals surface area contributed by atoms with Gasteiger partial charge >= 0.3 is 6.03 Å². The maximum atomic E-state index is 11.6. The number of carbonyl (C=O) groups is 1. The molecular formula is C11H13BrN2OS. The topological polar surface area (TPSA) is 32.3 Å². The average Bonchev–Trinajstić information content (AvgIpc) is 2.61. The summed E-state index contributed by atoms with van der Waals surface area (Å²) in [5.74, 6) is 0.691. The molecule has 5 heteroatoms. The highest BCUT2D eigenvalue weighted by atomic mass is 79.9. The fourth-order valence-corrected chi connectivity index (χ4v) is 2.64. The molecule has 0 spiro atoms. The van der Waals surface area contributed by atoms with Crippen molar-refractivity contribution in [3.8, 4) is 0 Å². The second-order valence-corrected chi connectivity index (χ2v) is 4.99. The van der Waals surface area contributed by atoms with Gasteiger partial charge in [-0.25, -0.2) is 4.79 Å². The van der Waals surface area contributed by atoms with Crippen LogP contribution < -0.4 is 5.32 Å². The molecule has 0 aliphatic carbocycles. The van der Waals surface area contributed by atoms with Crippen LogP contribution >= 0.6 is 28.6 Å². The standard InChI is InChI=1S/C11H13BrN2OS/c12-9-4-2-1-3-8(9)10-7-14(5-6-16)11(15)13-10/h1-4,10,16H,5-7H2,(H,13,15). The van der Waals surface area contributed by atoms with E-state index in [2.05, 4.69) is 33.9 Å². The van der Waals surface area contributed by atoms with Gasteiger partial charge in [-0.1, -0.05) is 34.1 Å². The Hall–Kier alpha value is -0.680. The Balaban J connectivity index is 2.14. The van der Waals surface area contributed by atoms with E-state index < -0.39 is 0 Å². The lowest BCUT2D eigenvalue weighted by Gasteiger charge is -2.13. The number of carbonyl (C=O) groups excluding carboxylic acids is 1. The van der Waals surface area contributed by atoms with Crippen LogP contribution in [-0.4, -0.2) is 29.8 Å². The summed E-state index contributed by atoms with van der Waals surface area (Å²) in [6.45, 7) is 1.40. The number of rotatable bonds is 3. The zero-order valence-electron chi connectivity index (χ0n) is 8.69. The summed E-state index contributed by atoms with van der Waals surface area (Å²) in [4.78, 5) is 13.4. The third kappa shape index (κ3) is 2.35. The normalized spacial score (nSPS) is 20.0. The van der Waals surface area contributed by atoms with Crippen LogP contribution in [0.5, 0.6) is 0 Å². The predicted octanol–water partition coefficient (Wildman–Crippen LogP) is 2.45. The van der Waals surface area contributed by atoms with Crippen LogP contribution in [0.2, 0.25) is 0 Å². The zero-order chi connectivity index (χ0) is 11.5. The Morgan fingerprint density at radius 2 is 2.25 bits per heavy atom. The van der Waals surface area contributed by atoms with Crippen molar-refractivity contribution >= 4 is 34.6 Å². The maximum Gasteiger partial charge on any atom is 0.318 e. The Kier molecular flexibility index (Phi) is 3.76. The van der Waals surface area contributed by atoms with E-state index in [-0.39, 0.29) is 12.1 Å². The molecular weight excluding hydrogens is 288 g/mol. The van der Waals surface area contributed by atoms with Crippen LogP contribution in [0, 0.1) is 0 Å². The van der Waals surface area contributed by atoms with Crippen molar-refractivity contribution in [2.24, 2.45) is 0 Å². The van der Waals surface area contributed by atoms with Gasteiger partial charge in [-0.15, -0.1) is 0 Å². The van der Waals surface area contributed by atoms with Crippen molar-refractivity contribution < 1.29 is 4.79 Å². The van der Waals surface area contributed by atoms with E-state index in [1.54, 1.807) is 4.90 Å². The van der Waals surface area contributed by atoms with E-state index in [9.17, 15) is 4.79 Å². The second kappa shape index (κ2) is 5.10. The van der Waals surface area contributed by atoms with E-state index in [0.717, 1.165) is 10.0 Å². The maximum absolute atomic E-state index is 11.6. The largest absolute Gasteiger partial charge is 0.329 e. The van der Waals surface area contributed by atoms with E-state index in [0.29, 0.717) is 18.8 Å². The number of nitrogens with zero attached hydrogens (tertiary/aromatic N) is 1. The monoisotopic (exact) mass is 300 g/mol. The van der Waals surface area contributed by atoms with Gasteiger partial charge in [-0.05, 0) is 11.6 Å². The molecule has 2 amide bonds. The van der Waals surface area contributed by atoms with E-state index in [1.165, 1.54) is 0 Å². The fraction of sp³-hybridized carbons (Fsp3) is 0.364. The number of urea groups is 1. The number of halogens is 1. The van der Waals surface area contributed by atoms with Crippen molar-refractivity contribution in [1.82, 2.24) is 10.2 Å². The Bertz CT molecular complexity index is 399. The third-order valence-electron chi connectivity index (χ3n) is 2.64. The lowest BCUT2D eigenvalue weighted by Crippen LogP contribution is -2.29. The Labute approximate surface area is 109 Å². The molecule has 1 fully saturated rings. The summed E-state index contributed by atoms with van der Waals surface area (Å²) in [6.07, 6.45) is 0. The third-order valence-corrected chi connectivity index (χ3v) is 3.56. The first-order valence-corrected chi connectivity index (χ1v) is 6.55. The van der Waals surface area contributed by atoms with E-state index in [4.69, 9.17) is 0 Å². The lowest BCUT2D eigenvalue weighted by atomic mass is 10.1. The molecule has 3 nitrogen and oxygen atoms in total. The number of amides is 2. The molecule has 86 valence electrons. The minimum Gasteiger partial charge on any atom is -0.329 e. The van der Waals surface area contributed by atoms with Gasteiger partial charge in [0, 0.05) is 23.3 Å². The number of hydrogen-bond donors (Lipinski definition) is 2. The first-order valence-electron chi connectivity index (χ1n) is 5.13. The Morgan fingerprint density at radius 3 is 2.94 bits per heavy atom. The van der Waals surface area contributed by atoms with Gasteiger partial charge in [0.05, 0.1) is 6.04 Å². The molecule has 16 heavy (non-hydrogen) atoms. The molecule has 1 atom stereocenters. The van der Waals surface area contributed by atoms with Gasteiger partial charge in [-0.2, -0.15) is 12.6 Å². The van der Waals surface area contributed by atoms with Crippen molar-refractivity contribution in [3.63, 3.8) is 0 Å². The second-order valence-electron chi connectivity index (χ2n) is 3.69.